The summed E-state index contributed by atoms with van der Waals surface area (Å²) >= 11 is 7.08. The van der Waals surface area contributed by atoms with E-state index in [0.717, 1.165) is 11.0 Å². The monoisotopic (exact) mass is 302 g/mol. The van der Waals surface area contributed by atoms with E-state index in [9.17, 15) is 14.4 Å². The van der Waals surface area contributed by atoms with Gasteiger partial charge in [-0.2, -0.15) is 0 Å². The van der Waals surface area contributed by atoms with Crippen molar-refractivity contribution in [2.75, 3.05) is 0 Å². The van der Waals surface area contributed by atoms with Crippen LogP contribution in [-0.4, -0.2) is 23.0 Å². The van der Waals surface area contributed by atoms with Gasteiger partial charge in [-0.15, -0.1) is 11.3 Å². The number of rotatable bonds is 4. The van der Waals surface area contributed by atoms with Crippen LogP contribution in [-0.2, 0) is 9.59 Å². The SMILES string of the molecule is CC(NC(=O)NC(=O)/C=C/C(=O)O)c1ccc(Cl)s1. The summed E-state index contributed by atoms with van der Waals surface area (Å²) in [5.74, 6) is -2.08. The van der Waals surface area contributed by atoms with Gasteiger partial charge < -0.3 is 10.4 Å². The summed E-state index contributed by atoms with van der Waals surface area (Å²) in [4.78, 5) is 33.6. The summed E-state index contributed by atoms with van der Waals surface area (Å²) < 4.78 is 0.601. The fourth-order valence-electron chi connectivity index (χ4n) is 1.17. The van der Waals surface area contributed by atoms with Crippen molar-refractivity contribution in [2.45, 2.75) is 13.0 Å². The quantitative estimate of drug-likeness (QED) is 0.741. The Balaban J connectivity index is 2.47. The lowest BCUT2D eigenvalue weighted by molar-refractivity contribution is -0.131. The molecule has 0 saturated heterocycles. The first kappa shape index (κ1) is 15.2. The van der Waals surface area contributed by atoms with Crippen molar-refractivity contribution in [1.29, 1.82) is 0 Å². The van der Waals surface area contributed by atoms with Gasteiger partial charge in [-0.3, -0.25) is 10.1 Å². The molecule has 0 aliphatic heterocycles. The molecule has 1 aromatic rings. The van der Waals surface area contributed by atoms with Gasteiger partial charge in [0.25, 0.3) is 5.91 Å². The van der Waals surface area contributed by atoms with Crippen LogP contribution < -0.4 is 10.6 Å². The van der Waals surface area contributed by atoms with E-state index in [1.165, 1.54) is 11.3 Å². The maximum atomic E-state index is 11.4. The number of hydrogen-bond acceptors (Lipinski definition) is 4. The molecule has 19 heavy (non-hydrogen) atoms. The average Bonchev–Trinajstić information content (AvgIpc) is 2.73. The standard InChI is InChI=1S/C11H11ClN2O4S/c1-6(7-2-3-8(12)19-7)13-11(18)14-9(15)4-5-10(16)17/h2-6H,1H3,(H,16,17)(H2,13,14,15,18)/b5-4+. The number of carbonyl (C=O) groups excluding carboxylic acids is 2. The first-order valence-corrected chi connectivity index (χ1v) is 6.35. The molecule has 1 atom stereocenters. The molecule has 1 heterocycles. The maximum absolute atomic E-state index is 11.4. The molecule has 1 rings (SSSR count). The number of halogens is 1. The van der Waals surface area contributed by atoms with E-state index >= 15 is 0 Å². The number of aliphatic carboxylic acids is 1. The Kier molecular flexibility index (Phi) is 5.53. The summed E-state index contributed by atoms with van der Waals surface area (Å²) in [5, 5.41) is 12.8. The number of imide groups is 1. The molecule has 0 fully saturated rings. The lowest BCUT2D eigenvalue weighted by atomic mass is 10.3. The first-order chi connectivity index (χ1) is 8.88. The molecule has 0 bridgehead atoms. The zero-order valence-corrected chi connectivity index (χ0v) is 11.4. The van der Waals surface area contributed by atoms with E-state index in [0.29, 0.717) is 10.4 Å². The van der Waals surface area contributed by atoms with Crippen LogP contribution in [0.4, 0.5) is 4.79 Å². The molecule has 3 N–H and O–H groups in total. The number of thiophene rings is 1. The topological polar surface area (TPSA) is 95.5 Å². The Hall–Kier alpha value is -1.86. The molecule has 102 valence electrons. The zero-order chi connectivity index (χ0) is 14.4. The molecule has 1 unspecified atom stereocenters. The van der Waals surface area contributed by atoms with Gasteiger partial charge in [-0.25, -0.2) is 9.59 Å². The molecule has 1 aromatic heterocycles. The number of carbonyl (C=O) groups is 3. The summed E-state index contributed by atoms with van der Waals surface area (Å²) in [6.45, 7) is 1.74. The number of amides is 3. The van der Waals surface area contributed by atoms with Gasteiger partial charge in [0.05, 0.1) is 10.4 Å². The second-order valence-corrected chi connectivity index (χ2v) is 5.24. The van der Waals surface area contributed by atoms with E-state index in [-0.39, 0.29) is 6.04 Å². The Labute approximate surface area is 118 Å². The van der Waals surface area contributed by atoms with Crippen LogP contribution in [0.25, 0.3) is 0 Å². The van der Waals surface area contributed by atoms with Crippen LogP contribution in [0.1, 0.15) is 17.8 Å². The Bertz CT molecular complexity index is 527. The zero-order valence-electron chi connectivity index (χ0n) is 9.84. The van der Waals surface area contributed by atoms with Gasteiger partial charge in [-0.05, 0) is 19.1 Å². The normalized spacial score (nSPS) is 12.1. The molecule has 0 spiro atoms. The van der Waals surface area contributed by atoms with Crippen LogP contribution in [0.15, 0.2) is 24.3 Å². The second-order valence-electron chi connectivity index (χ2n) is 3.50. The minimum absolute atomic E-state index is 0.311. The van der Waals surface area contributed by atoms with Gasteiger partial charge in [0.15, 0.2) is 0 Å². The van der Waals surface area contributed by atoms with E-state index in [1.807, 2.05) is 5.32 Å². The third-order valence-electron chi connectivity index (χ3n) is 1.98. The Morgan fingerprint density at radius 3 is 2.58 bits per heavy atom. The molecule has 0 radical (unpaired) electrons. The third-order valence-corrected chi connectivity index (χ3v) is 3.40. The summed E-state index contributed by atoms with van der Waals surface area (Å²) in [5.41, 5.74) is 0. The highest BCUT2D eigenvalue weighted by atomic mass is 35.5. The Morgan fingerprint density at radius 1 is 1.37 bits per heavy atom. The average molecular weight is 303 g/mol. The number of urea groups is 1. The molecular formula is C11H11ClN2O4S. The summed E-state index contributed by atoms with van der Waals surface area (Å²) in [6, 6.07) is 2.45. The van der Waals surface area contributed by atoms with Crippen molar-refractivity contribution in [1.82, 2.24) is 10.6 Å². The number of nitrogens with one attached hydrogen (secondary N) is 2. The lowest BCUT2D eigenvalue weighted by Crippen LogP contribution is -2.39. The predicted octanol–water partition coefficient (Wildman–Crippen LogP) is 1.93. The molecule has 0 saturated carbocycles. The molecule has 0 aliphatic carbocycles. The van der Waals surface area contributed by atoms with Crippen molar-refractivity contribution in [3.63, 3.8) is 0 Å². The van der Waals surface area contributed by atoms with Gasteiger partial charge in [-0.1, -0.05) is 11.6 Å². The van der Waals surface area contributed by atoms with Crippen LogP contribution >= 0.6 is 22.9 Å². The molecular weight excluding hydrogens is 292 g/mol. The van der Waals surface area contributed by atoms with Gasteiger partial charge in [0.2, 0.25) is 0 Å². The Morgan fingerprint density at radius 2 is 2.05 bits per heavy atom. The van der Waals surface area contributed by atoms with Gasteiger partial charge in [0.1, 0.15) is 0 Å². The van der Waals surface area contributed by atoms with E-state index in [1.54, 1.807) is 19.1 Å². The molecule has 0 aliphatic rings. The van der Waals surface area contributed by atoms with Gasteiger partial charge >= 0.3 is 12.0 Å². The molecule has 8 heteroatoms. The minimum atomic E-state index is -1.27. The fourth-order valence-corrected chi connectivity index (χ4v) is 2.23. The van der Waals surface area contributed by atoms with Crippen molar-refractivity contribution < 1.29 is 19.5 Å². The number of carboxylic acids is 1. The van der Waals surface area contributed by atoms with Crippen molar-refractivity contribution >= 4 is 40.8 Å². The largest absolute Gasteiger partial charge is 0.478 e. The summed E-state index contributed by atoms with van der Waals surface area (Å²) in [6.07, 6.45) is 1.40. The predicted molar refractivity (Wildman–Crippen MR) is 71.2 cm³/mol. The van der Waals surface area contributed by atoms with E-state index in [2.05, 4.69) is 5.32 Å². The van der Waals surface area contributed by atoms with Crippen LogP contribution in [0, 0.1) is 0 Å². The van der Waals surface area contributed by atoms with Crippen molar-refractivity contribution in [3.05, 3.63) is 33.5 Å². The second kappa shape index (κ2) is 6.91. The lowest BCUT2D eigenvalue weighted by Gasteiger charge is -2.11. The van der Waals surface area contributed by atoms with Crippen LogP contribution in [0.5, 0.6) is 0 Å². The van der Waals surface area contributed by atoms with Gasteiger partial charge in [0, 0.05) is 17.0 Å². The van der Waals surface area contributed by atoms with Crippen molar-refractivity contribution in [3.8, 4) is 0 Å². The smallest absolute Gasteiger partial charge is 0.328 e. The maximum Gasteiger partial charge on any atom is 0.328 e. The number of hydrogen-bond donors (Lipinski definition) is 3. The first-order valence-electron chi connectivity index (χ1n) is 5.16. The molecule has 0 aromatic carbocycles. The highest BCUT2D eigenvalue weighted by Crippen LogP contribution is 2.26. The van der Waals surface area contributed by atoms with E-state index in [4.69, 9.17) is 16.7 Å². The van der Waals surface area contributed by atoms with Crippen molar-refractivity contribution in [2.24, 2.45) is 0 Å². The highest BCUT2D eigenvalue weighted by Gasteiger charge is 2.12. The van der Waals surface area contributed by atoms with Crippen LogP contribution in [0.3, 0.4) is 0 Å². The molecule has 3 amide bonds. The third kappa shape index (κ3) is 5.54. The fraction of sp³-hybridized carbons (Fsp3) is 0.182. The number of carboxylic acid groups (broad SMARTS) is 1. The minimum Gasteiger partial charge on any atom is -0.478 e. The highest BCUT2D eigenvalue weighted by molar-refractivity contribution is 7.16. The molecule has 6 nitrogen and oxygen atoms in total. The summed E-state index contributed by atoms with van der Waals surface area (Å²) in [7, 11) is 0. The van der Waals surface area contributed by atoms with E-state index < -0.39 is 17.9 Å². The van der Waals surface area contributed by atoms with Crippen LogP contribution in [0.2, 0.25) is 4.34 Å².